The van der Waals surface area contributed by atoms with Gasteiger partial charge in [-0.05, 0) is 44.9 Å². The van der Waals surface area contributed by atoms with Crippen molar-refractivity contribution in [3.05, 3.63) is 60.8 Å². The van der Waals surface area contributed by atoms with E-state index in [9.17, 15) is 19.0 Å². The average molecular weight is 712 g/mol. The topological polar surface area (TPSA) is 155 Å². The molecule has 0 fully saturated rings. The Hall–Kier alpha value is -2.33. The predicted molar refractivity (Wildman–Crippen MR) is 198 cm³/mol. The Balaban J connectivity index is 4.46. The number of phosphoric acid groups is 1. The molecule has 49 heavy (non-hydrogen) atoms. The van der Waals surface area contributed by atoms with E-state index in [1.54, 1.807) is 0 Å². The third-order valence-corrected chi connectivity index (χ3v) is 8.28. The first-order valence-corrected chi connectivity index (χ1v) is 19.8. The van der Waals surface area contributed by atoms with E-state index in [1.165, 1.54) is 44.9 Å². The summed E-state index contributed by atoms with van der Waals surface area (Å²) in [6.45, 7) is 3.50. The van der Waals surface area contributed by atoms with Crippen LogP contribution in [0.25, 0.3) is 0 Å². The van der Waals surface area contributed by atoms with Crippen molar-refractivity contribution in [2.45, 2.75) is 142 Å². The summed E-state index contributed by atoms with van der Waals surface area (Å²) in [4.78, 5) is 33.3. The summed E-state index contributed by atoms with van der Waals surface area (Å²) in [5.74, 6) is -1.82. The van der Waals surface area contributed by atoms with Crippen LogP contribution in [0.15, 0.2) is 60.8 Å². The first-order chi connectivity index (χ1) is 23.7. The van der Waals surface area contributed by atoms with Crippen LogP contribution in [0.5, 0.6) is 0 Å². The van der Waals surface area contributed by atoms with Crippen molar-refractivity contribution in [3.8, 4) is 0 Å². The smallest absolute Gasteiger partial charge is 0.472 e. The average Bonchev–Trinajstić information content (AvgIpc) is 3.07. The standard InChI is InChI=1S/C38H66NO9P/c1-3-5-7-9-11-13-15-16-17-18-19-21-23-25-27-29-31-45-32-35(33-46-49(43,44)47-34-36(39)38(41)42)48-37(40)30-28-26-24-22-20-14-12-10-8-6-4-2/h5,7,11,13,16-17,19,21,25,27,35-36H,3-4,6,8-10,12,14-15,18,20,22-24,26,28-34,39H2,1-2H3,(H,41,42)(H,43,44)/b7-5-,13-11-,17-16-,21-19-,27-25-. The number of esters is 1. The zero-order valence-electron chi connectivity index (χ0n) is 30.3. The van der Waals surface area contributed by atoms with Gasteiger partial charge < -0.3 is 25.2 Å². The van der Waals surface area contributed by atoms with E-state index in [1.807, 2.05) is 12.2 Å². The van der Waals surface area contributed by atoms with Gasteiger partial charge >= 0.3 is 19.8 Å². The Bertz CT molecular complexity index is 1010. The number of carboxylic acids is 1. The minimum atomic E-state index is -4.63. The van der Waals surface area contributed by atoms with E-state index in [2.05, 4.69) is 67.0 Å². The maximum atomic E-state index is 12.5. The minimum Gasteiger partial charge on any atom is -0.480 e. The molecule has 0 amide bonds. The van der Waals surface area contributed by atoms with Gasteiger partial charge in [0.1, 0.15) is 12.1 Å². The number of rotatable bonds is 34. The van der Waals surface area contributed by atoms with Gasteiger partial charge in [-0.1, -0.05) is 139 Å². The van der Waals surface area contributed by atoms with Crippen molar-refractivity contribution in [2.24, 2.45) is 5.73 Å². The largest absolute Gasteiger partial charge is 0.480 e. The summed E-state index contributed by atoms with van der Waals surface area (Å²) in [5, 5.41) is 8.85. The fourth-order valence-electron chi connectivity index (χ4n) is 4.49. The fourth-order valence-corrected chi connectivity index (χ4v) is 5.27. The second-order valence-corrected chi connectivity index (χ2v) is 13.4. The Morgan fingerprint density at radius 2 is 1.14 bits per heavy atom. The van der Waals surface area contributed by atoms with Gasteiger partial charge in [0.15, 0.2) is 0 Å². The van der Waals surface area contributed by atoms with Gasteiger partial charge in [-0.3, -0.25) is 18.6 Å². The van der Waals surface area contributed by atoms with E-state index in [0.29, 0.717) is 19.4 Å². The van der Waals surface area contributed by atoms with Crippen LogP contribution in [0.3, 0.4) is 0 Å². The molecule has 0 aliphatic carbocycles. The lowest BCUT2D eigenvalue weighted by Crippen LogP contribution is -2.34. The number of hydrogen-bond donors (Lipinski definition) is 3. The molecule has 4 N–H and O–H groups in total. The lowest BCUT2D eigenvalue weighted by Gasteiger charge is -2.20. The maximum Gasteiger partial charge on any atom is 0.472 e. The van der Waals surface area contributed by atoms with Crippen molar-refractivity contribution in [3.63, 3.8) is 0 Å². The van der Waals surface area contributed by atoms with Gasteiger partial charge in [-0.2, -0.15) is 0 Å². The highest BCUT2D eigenvalue weighted by molar-refractivity contribution is 7.47. The SMILES string of the molecule is CC/C=C\C/C=C\C/C=C\C/C=C\C/C=C\CCOCC(COP(=O)(O)OCC(N)C(=O)O)OC(=O)CCCCCCCCCCCCC. The highest BCUT2D eigenvalue weighted by atomic mass is 31.2. The number of aliphatic carboxylic acids is 1. The number of nitrogens with two attached hydrogens (primary N) is 1. The van der Waals surface area contributed by atoms with E-state index < -0.39 is 45.1 Å². The third kappa shape index (κ3) is 33.9. The summed E-state index contributed by atoms with van der Waals surface area (Å²) >= 11 is 0. The van der Waals surface area contributed by atoms with Crippen molar-refractivity contribution < 1.29 is 42.7 Å². The van der Waals surface area contributed by atoms with E-state index in [4.69, 9.17) is 24.8 Å². The molecule has 282 valence electrons. The molecule has 0 aromatic carbocycles. The van der Waals surface area contributed by atoms with Gasteiger partial charge in [0, 0.05) is 6.42 Å². The summed E-state index contributed by atoms with van der Waals surface area (Å²) < 4.78 is 33.0. The lowest BCUT2D eigenvalue weighted by molar-refractivity contribution is -0.154. The predicted octanol–water partition coefficient (Wildman–Crippen LogP) is 9.30. The molecule has 3 atom stereocenters. The zero-order valence-corrected chi connectivity index (χ0v) is 31.2. The molecule has 0 saturated carbocycles. The number of phosphoric ester groups is 1. The quantitative estimate of drug-likeness (QED) is 0.0255. The molecule has 10 nitrogen and oxygen atoms in total. The van der Waals surface area contributed by atoms with Crippen LogP contribution in [0.4, 0.5) is 0 Å². The molecule has 3 unspecified atom stereocenters. The Morgan fingerprint density at radius 3 is 1.65 bits per heavy atom. The summed E-state index contributed by atoms with van der Waals surface area (Å²) in [7, 11) is -4.63. The van der Waals surface area contributed by atoms with Crippen LogP contribution in [-0.4, -0.2) is 60.5 Å². The minimum absolute atomic E-state index is 0.0384. The van der Waals surface area contributed by atoms with Gasteiger partial charge in [0.25, 0.3) is 0 Å². The molecule has 11 heteroatoms. The van der Waals surface area contributed by atoms with Crippen LogP contribution in [0.1, 0.15) is 129 Å². The van der Waals surface area contributed by atoms with Gasteiger partial charge in [-0.25, -0.2) is 4.57 Å². The van der Waals surface area contributed by atoms with Crippen LogP contribution in [-0.2, 0) is 32.7 Å². The highest BCUT2D eigenvalue weighted by Crippen LogP contribution is 2.43. The van der Waals surface area contributed by atoms with Crippen LogP contribution in [0.2, 0.25) is 0 Å². The first kappa shape index (κ1) is 46.7. The molecular weight excluding hydrogens is 645 g/mol. The van der Waals surface area contributed by atoms with E-state index in [0.717, 1.165) is 51.4 Å². The summed E-state index contributed by atoms with van der Waals surface area (Å²) in [5.41, 5.74) is 5.32. The van der Waals surface area contributed by atoms with Gasteiger partial charge in [-0.15, -0.1) is 0 Å². The summed E-state index contributed by atoms with van der Waals surface area (Å²) in [6.07, 6.45) is 38.7. The van der Waals surface area contributed by atoms with Crippen molar-refractivity contribution in [1.29, 1.82) is 0 Å². The molecular formula is C38H66NO9P. The van der Waals surface area contributed by atoms with Crippen LogP contribution in [0, 0.1) is 0 Å². The van der Waals surface area contributed by atoms with E-state index >= 15 is 0 Å². The van der Waals surface area contributed by atoms with E-state index in [-0.39, 0.29) is 13.0 Å². The first-order valence-electron chi connectivity index (χ1n) is 18.3. The molecule has 0 saturated heterocycles. The monoisotopic (exact) mass is 711 g/mol. The molecule has 0 aliphatic heterocycles. The fraction of sp³-hybridized carbons (Fsp3) is 0.684. The maximum absolute atomic E-state index is 12.5. The van der Waals surface area contributed by atoms with Crippen LogP contribution < -0.4 is 5.73 Å². The van der Waals surface area contributed by atoms with Gasteiger partial charge in [0.05, 0.1) is 26.4 Å². The number of carboxylic acid groups (broad SMARTS) is 1. The Labute approximate surface area is 296 Å². The molecule has 0 aliphatic rings. The number of ether oxygens (including phenoxy) is 2. The van der Waals surface area contributed by atoms with Crippen molar-refractivity contribution in [2.75, 3.05) is 26.4 Å². The number of carbonyl (C=O) groups is 2. The molecule has 0 rings (SSSR count). The van der Waals surface area contributed by atoms with Gasteiger partial charge in [0.2, 0.25) is 0 Å². The molecule has 0 aromatic heterocycles. The number of allylic oxidation sites excluding steroid dienone is 9. The van der Waals surface area contributed by atoms with Crippen LogP contribution >= 0.6 is 7.82 Å². The molecule has 0 radical (unpaired) electrons. The lowest BCUT2D eigenvalue weighted by atomic mass is 10.1. The molecule has 0 spiro atoms. The van der Waals surface area contributed by atoms with Crippen molar-refractivity contribution >= 4 is 19.8 Å². The third-order valence-electron chi connectivity index (χ3n) is 7.33. The molecule has 0 heterocycles. The summed E-state index contributed by atoms with van der Waals surface area (Å²) in [6, 6.07) is -1.48. The Kier molecular flexibility index (Phi) is 32.5. The molecule has 0 aromatic rings. The second kappa shape index (κ2) is 34.1. The second-order valence-electron chi connectivity index (χ2n) is 12.0. The van der Waals surface area contributed by atoms with Crippen molar-refractivity contribution in [1.82, 2.24) is 0 Å². The highest BCUT2D eigenvalue weighted by Gasteiger charge is 2.27. The Morgan fingerprint density at radius 1 is 0.673 bits per heavy atom. The number of hydrogen-bond acceptors (Lipinski definition) is 8. The molecule has 0 bridgehead atoms. The zero-order chi connectivity index (χ0) is 36.3. The number of carbonyl (C=O) groups excluding carboxylic acids is 1. The number of unbranched alkanes of at least 4 members (excludes halogenated alkanes) is 10. The normalized spacial score (nSPS) is 14.9.